The number of alkyl carbamates (subject to hydrolysis) is 1. The quantitative estimate of drug-likeness (QED) is 0.697. The average Bonchev–Trinajstić information content (AvgIpc) is 2.21. The van der Waals surface area contributed by atoms with Crippen molar-refractivity contribution in [3.8, 4) is 0 Å². The van der Waals surface area contributed by atoms with Crippen molar-refractivity contribution in [2.24, 2.45) is 5.92 Å². The first-order valence-electron chi connectivity index (χ1n) is 5.30. The molecule has 0 aliphatic carbocycles. The smallest absolute Gasteiger partial charge is 0.408 e. The van der Waals surface area contributed by atoms with Crippen molar-refractivity contribution in [3.05, 3.63) is 24.3 Å². The van der Waals surface area contributed by atoms with E-state index >= 15 is 0 Å². The molecule has 0 aliphatic rings. The molecule has 0 aromatic carbocycles. The number of carbonyl (C=O) groups is 2. The fourth-order valence-electron chi connectivity index (χ4n) is 1.34. The summed E-state index contributed by atoms with van der Waals surface area (Å²) < 4.78 is 4.67. The van der Waals surface area contributed by atoms with Crippen molar-refractivity contribution in [2.75, 3.05) is 6.61 Å². The highest BCUT2D eigenvalue weighted by Gasteiger charge is 2.25. The van der Waals surface area contributed by atoms with Crippen LogP contribution in [0.2, 0.25) is 0 Å². The van der Waals surface area contributed by atoms with Crippen molar-refractivity contribution in [2.45, 2.75) is 26.8 Å². The predicted octanol–water partition coefficient (Wildman–Crippen LogP) is 1.95. The zero-order valence-electron chi connectivity index (χ0n) is 10.4. The van der Waals surface area contributed by atoms with Gasteiger partial charge in [-0.15, -0.1) is 0 Å². The maximum absolute atomic E-state index is 11.2. The Morgan fingerprint density at radius 3 is 2.47 bits per heavy atom. The fraction of sp³-hybridized carbons (Fsp3) is 0.500. The molecule has 2 atom stereocenters. The Morgan fingerprint density at radius 1 is 1.47 bits per heavy atom. The number of carboxylic acid groups (broad SMARTS) is 1. The van der Waals surface area contributed by atoms with E-state index in [-0.39, 0.29) is 12.5 Å². The lowest BCUT2D eigenvalue weighted by molar-refractivity contribution is -0.140. The summed E-state index contributed by atoms with van der Waals surface area (Å²) in [5.41, 5.74) is 0.991. The van der Waals surface area contributed by atoms with E-state index in [1.807, 2.05) is 13.8 Å². The number of carbonyl (C=O) groups excluding carboxylic acids is 1. The van der Waals surface area contributed by atoms with Crippen molar-refractivity contribution in [3.63, 3.8) is 0 Å². The van der Waals surface area contributed by atoms with Gasteiger partial charge in [-0.2, -0.15) is 0 Å². The lowest BCUT2D eigenvalue weighted by atomic mass is 10.00. The number of hydrogen-bond donors (Lipinski definition) is 2. The van der Waals surface area contributed by atoms with E-state index in [0.29, 0.717) is 0 Å². The maximum Gasteiger partial charge on any atom is 0.408 e. The van der Waals surface area contributed by atoms with Crippen molar-refractivity contribution >= 4 is 12.1 Å². The Hall–Kier alpha value is -1.78. The van der Waals surface area contributed by atoms with Crippen LogP contribution in [0.15, 0.2) is 24.3 Å². The van der Waals surface area contributed by atoms with Gasteiger partial charge in [0, 0.05) is 5.92 Å². The highest BCUT2D eigenvalue weighted by Crippen LogP contribution is 2.08. The molecule has 0 radical (unpaired) electrons. The van der Waals surface area contributed by atoms with E-state index in [9.17, 15) is 9.59 Å². The molecule has 2 N–H and O–H groups in total. The van der Waals surface area contributed by atoms with Crippen LogP contribution in [0.25, 0.3) is 0 Å². The summed E-state index contributed by atoms with van der Waals surface area (Å²) in [6.07, 6.45) is 2.44. The summed E-state index contributed by atoms with van der Waals surface area (Å²) in [6.45, 7) is 8.90. The molecule has 96 valence electrons. The number of ether oxygens (including phenoxy) is 1. The molecule has 0 heterocycles. The van der Waals surface area contributed by atoms with Crippen LogP contribution in [0, 0.1) is 5.92 Å². The van der Waals surface area contributed by atoms with E-state index in [2.05, 4.69) is 16.6 Å². The van der Waals surface area contributed by atoms with Gasteiger partial charge in [-0.25, -0.2) is 9.59 Å². The number of carboxylic acids is 1. The lowest BCUT2D eigenvalue weighted by Gasteiger charge is -2.18. The van der Waals surface area contributed by atoms with Gasteiger partial charge in [-0.3, -0.25) is 0 Å². The molecule has 1 amide bonds. The molecule has 0 aliphatic heterocycles. The van der Waals surface area contributed by atoms with E-state index in [0.717, 1.165) is 5.57 Å². The minimum atomic E-state index is -1.09. The van der Waals surface area contributed by atoms with Gasteiger partial charge in [0.05, 0.1) is 0 Å². The zero-order chi connectivity index (χ0) is 13.4. The van der Waals surface area contributed by atoms with Crippen molar-refractivity contribution < 1.29 is 19.4 Å². The van der Waals surface area contributed by atoms with Crippen LogP contribution < -0.4 is 5.32 Å². The van der Waals surface area contributed by atoms with Crippen LogP contribution in [0.5, 0.6) is 0 Å². The molecule has 0 bridgehead atoms. The molecular formula is C12H19NO4. The Labute approximate surface area is 101 Å². The van der Waals surface area contributed by atoms with Gasteiger partial charge in [0.15, 0.2) is 0 Å². The first kappa shape index (κ1) is 15.2. The van der Waals surface area contributed by atoms with Gasteiger partial charge >= 0.3 is 12.1 Å². The number of aliphatic carboxylic acids is 1. The Bertz CT molecular complexity index is 318. The van der Waals surface area contributed by atoms with Gasteiger partial charge in [0.1, 0.15) is 12.6 Å². The van der Waals surface area contributed by atoms with Crippen LogP contribution in [0.3, 0.4) is 0 Å². The number of amides is 1. The van der Waals surface area contributed by atoms with E-state index in [1.165, 1.54) is 6.08 Å². The number of nitrogens with one attached hydrogen (secondary N) is 1. The molecule has 0 rings (SSSR count). The van der Waals surface area contributed by atoms with Crippen LogP contribution in [0.1, 0.15) is 20.8 Å². The van der Waals surface area contributed by atoms with Crippen molar-refractivity contribution in [1.82, 2.24) is 5.32 Å². The molecule has 0 spiro atoms. The molecule has 5 nitrogen and oxygen atoms in total. The van der Waals surface area contributed by atoms with Gasteiger partial charge in [-0.05, 0) is 13.8 Å². The van der Waals surface area contributed by atoms with E-state index in [4.69, 9.17) is 5.11 Å². The van der Waals surface area contributed by atoms with Crippen molar-refractivity contribution in [1.29, 1.82) is 0 Å². The first-order chi connectivity index (χ1) is 7.88. The highest BCUT2D eigenvalue weighted by atomic mass is 16.5. The summed E-state index contributed by atoms with van der Waals surface area (Å²) in [5, 5.41) is 11.3. The third-order valence-corrected chi connectivity index (χ3v) is 1.99. The van der Waals surface area contributed by atoms with Gasteiger partial charge in [0.25, 0.3) is 0 Å². The zero-order valence-corrected chi connectivity index (χ0v) is 10.4. The predicted molar refractivity (Wildman–Crippen MR) is 64.7 cm³/mol. The van der Waals surface area contributed by atoms with Gasteiger partial charge in [-0.1, -0.05) is 31.2 Å². The van der Waals surface area contributed by atoms with E-state index in [1.54, 1.807) is 13.0 Å². The number of rotatable bonds is 6. The SMILES string of the molecule is C=CCOC(=O)N[C@H](C(=O)O)[C@H](C)C=C(C)C. The molecule has 17 heavy (non-hydrogen) atoms. The third-order valence-electron chi connectivity index (χ3n) is 1.99. The molecule has 5 heteroatoms. The maximum atomic E-state index is 11.2. The van der Waals surface area contributed by atoms with Gasteiger partial charge in [0.2, 0.25) is 0 Å². The Balaban J connectivity index is 4.54. The minimum absolute atomic E-state index is 0.0508. The van der Waals surface area contributed by atoms with Crippen LogP contribution in [-0.2, 0) is 9.53 Å². The number of allylic oxidation sites excluding steroid dienone is 1. The summed E-state index contributed by atoms with van der Waals surface area (Å²) >= 11 is 0. The van der Waals surface area contributed by atoms with Gasteiger partial charge < -0.3 is 15.2 Å². The summed E-state index contributed by atoms with van der Waals surface area (Å²) in [5.74, 6) is -1.40. The monoisotopic (exact) mass is 241 g/mol. The summed E-state index contributed by atoms with van der Waals surface area (Å²) in [4.78, 5) is 22.3. The Morgan fingerprint density at radius 2 is 2.06 bits per heavy atom. The second kappa shape index (κ2) is 7.49. The van der Waals surface area contributed by atoms with Crippen LogP contribution in [-0.4, -0.2) is 29.8 Å². The van der Waals surface area contributed by atoms with E-state index < -0.39 is 18.1 Å². The third kappa shape index (κ3) is 6.40. The topological polar surface area (TPSA) is 75.6 Å². The molecule has 0 saturated heterocycles. The molecular weight excluding hydrogens is 222 g/mol. The lowest BCUT2D eigenvalue weighted by Crippen LogP contribution is -2.44. The summed E-state index contributed by atoms with van der Waals surface area (Å²) in [6, 6.07) is -0.998. The normalized spacial score (nSPS) is 13.1. The molecule has 0 saturated carbocycles. The second-order valence-electron chi connectivity index (χ2n) is 3.95. The standard InChI is InChI=1S/C12H19NO4/c1-5-6-17-12(16)13-10(11(14)15)9(4)7-8(2)3/h5,7,9-10H,1,6H2,2-4H3,(H,13,16)(H,14,15)/t9-,10+/m1/s1. The average molecular weight is 241 g/mol. The van der Waals surface area contributed by atoms with Crippen LogP contribution in [0.4, 0.5) is 4.79 Å². The largest absolute Gasteiger partial charge is 0.480 e. The van der Waals surface area contributed by atoms with Crippen LogP contribution >= 0.6 is 0 Å². The first-order valence-corrected chi connectivity index (χ1v) is 5.30. The molecule has 0 aromatic heterocycles. The molecule has 0 unspecified atom stereocenters. The Kier molecular flexibility index (Phi) is 6.70. The highest BCUT2D eigenvalue weighted by molar-refractivity contribution is 5.80. The molecule has 0 fully saturated rings. The number of hydrogen-bond acceptors (Lipinski definition) is 3. The second-order valence-corrected chi connectivity index (χ2v) is 3.95. The summed E-state index contributed by atoms with van der Waals surface area (Å²) in [7, 11) is 0. The molecule has 0 aromatic rings. The minimum Gasteiger partial charge on any atom is -0.480 e. The fourth-order valence-corrected chi connectivity index (χ4v) is 1.34.